The normalized spacial score (nSPS) is 10.2. The van der Waals surface area contributed by atoms with Crippen LogP contribution in [-0.4, -0.2) is 9.97 Å². The first-order valence-electron chi connectivity index (χ1n) is 4.87. The first-order chi connectivity index (χ1) is 8.16. The molecule has 0 atom stereocenters. The highest BCUT2D eigenvalue weighted by molar-refractivity contribution is 7.80. The van der Waals surface area contributed by atoms with Gasteiger partial charge in [0.15, 0.2) is 0 Å². The zero-order valence-electron chi connectivity index (χ0n) is 8.81. The first-order valence-corrected chi connectivity index (χ1v) is 6.22. The molecule has 6 heteroatoms. The van der Waals surface area contributed by atoms with Gasteiger partial charge < -0.3 is 11.1 Å². The molecular weight excluding hydrogens is 257 g/mol. The third-order valence-corrected chi connectivity index (χ3v) is 3.07. The predicted molar refractivity (Wildman–Crippen MR) is 71.7 cm³/mol. The van der Waals surface area contributed by atoms with Crippen LogP contribution in [0.4, 0.5) is 10.1 Å². The molecule has 0 saturated carbocycles. The van der Waals surface area contributed by atoms with Crippen LogP contribution in [0.3, 0.4) is 0 Å². The van der Waals surface area contributed by atoms with Gasteiger partial charge in [-0.2, -0.15) is 0 Å². The van der Waals surface area contributed by atoms with E-state index in [-0.39, 0.29) is 10.8 Å². The van der Waals surface area contributed by atoms with Crippen molar-refractivity contribution in [1.29, 1.82) is 0 Å². The van der Waals surface area contributed by atoms with E-state index in [9.17, 15) is 4.39 Å². The Morgan fingerprint density at radius 1 is 1.53 bits per heavy atom. The molecule has 0 amide bonds. The van der Waals surface area contributed by atoms with Crippen LogP contribution in [0.15, 0.2) is 29.1 Å². The molecule has 0 saturated heterocycles. The van der Waals surface area contributed by atoms with Crippen LogP contribution in [0, 0.1) is 5.82 Å². The number of hydrogen-bond acceptors (Lipinski definition) is 4. The largest absolute Gasteiger partial charge is 0.389 e. The summed E-state index contributed by atoms with van der Waals surface area (Å²) < 4.78 is 13.6. The van der Waals surface area contributed by atoms with E-state index in [0.717, 1.165) is 5.69 Å². The Hall–Kier alpha value is -1.53. The minimum atomic E-state index is -0.370. The zero-order chi connectivity index (χ0) is 12.3. The highest BCUT2D eigenvalue weighted by atomic mass is 32.1. The maximum Gasteiger partial charge on any atom is 0.146 e. The molecule has 0 fully saturated rings. The Kier molecular flexibility index (Phi) is 3.65. The van der Waals surface area contributed by atoms with Crippen LogP contribution >= 0.6 is 23.6 Å². The quantitative estimate of drug-likeness (QED) is 0.836. The van der Waals surface area contributed by atoms with Crippen LogP contribution in [0.5, 0.6) is 0 Å². The van der Waals surface area contributed by atoms with Gasteiger partial charge in [-0.1, -0.05) is 12.2 Å². The summed E-state index contributed by atoms with van der Waals surface area (Å²) in [5, 5.41) is 4.88. The number of thiocarbonyl (C=S) groups is 1. The van der Waals surface area contributed by atoms with Crippen molar-refractivity contribution in [2.24, 2.45) is 5.73 Å². The molecule has 3 N–H and O–H groups in total. The van der Waals surface area contributed by atoms with Gasteiger partial charge in [-0.25, -0.2) is 9.37 Å². The predicted octanol–water partition coefficient (Wildman–Crippen LogP) is 2.53. The molecule has 0 spiro atoms. The molecule has 17 heavy (non-hydrogen) atoms. The van der Waals surface area contributed by atoms with Crippen molar-refractivity contribution < 1.29 is 4.39 Å². The highest BCUT2D eigenvalue weighted by Crippen LogP contribution is 2.16. The van der Waals surface area contributed by atoms with Crippen LogP contribution in [0.2, 0.25) is 0 Å². The van der Waals surface area contributed by atoms with E-state index >= 15 is 0 Å². The lowest BCUT2D eigenvalue weighted by molar-refractivity contribution is 0.629. The van der Waals surface area contributed by atoms with Gasteiger partial charge in [-0.15, -0.1) is 11.3 Å². The number of nitrogens with one attached hydrogen (secondary N) is 1. The lowest BCUT2D eigenvalue weighted by atomic mass is 10.2. The third kappa shape index (κ3) is 2.98. The highest BCUT2D eigenvalue weighted by Gasteiger charge is 2.05. The molecule has 0 aliphatic heterocycles. The second-order valence-electron chi connectivity index (χ2n) is 3.39. The monoisotopic (exact) mass is 267 g/mol. The Bertz CT molecular complexity index is 526. The molecular formula is C11H10FN3S2. The van der Waals surface area contributed by atoms with Crippen molar-refractivity contribution >= 4 is 34.2 Å². The number of thiazole rings is 1. The Morgan fingerprint density at radius 2 is 2.35 bits per heavy atom. The fraction of sp³-hybridized carbons (Fsp3) is 0.0909. The molecule has 3 nitrogen and oxygen atoms in total. The topological polar surface area (TPSA) is 50.9 Å². The number of nitrogens with two attached hydrogens (primary N) is 1. The maximum absolute atomic E-state index is 13.6. The van der Waals surface area contributed by atoms with Crippen molar-refractivity contribution in [3.8, 4) is 0 Å². The molecule has 88 valence electrons. The van der Waals surface area contributed by atoms with Crippen LogP contribution < -0.4 is 11.1 Å². The molecule has 0 unspecified atom stereocenters. The van der Waals surface area contributed by atoms with Crippen molar-refractivity contribution in [2.45, 2.75) is 6.54 Å². The molecule has 2 aromatic rings. The van der Waals surface area contributed by atoms with E-state index in [0.29, 0.717) is 17.8 Å². The summed E-state index contributed by atoms with van der Waals surface area (Å²) in [7, 11) is 0. The van der Waals surface area contributed by atoms with Crippen molar-refractivity contribution in [3.63, 3.8) is 0 Å². The summed E-state index contributed by atoms with van der Waals surface area (Å²) in [6, 6.07) is 4.64. The van der Waals surface area contributed by atoms with E-state index < -0.39 is 0 Å². The molecule has 0 aliphatic rings. The molecule has 0 aliphatic carbocycles. The van der Waals surface area contributed by atoms with Gasteiger partial charge in [-0.05, 0) is 18.2 Å². The van der Waals surface area contributed by atoms with E-state index in [1.54, 1.807) is 17.6 Å². The van der Waals surface area contributed by atoms with Crippen LogP contribution in [0.1, 0.15) is 11.3 Å². The standard InChI is InChI=1S/C11H10FN3S2/c12-9-3-7(11(13)16)1-2-10(9)14-4-8-5-17-6-15-8/h1-3,5-6,14H,4H2,(H2,13,16). The summed E-state index contributed by atoms with van der Waals surface area (Å²) in [6.45, 7) is 0.493. The average Bonchev–Trinajstić information content (AvgIpc) is 2.80. The Morgan fingerprint density at radius 3 is 2.94 bits per heavy atom. The molecule has 0 bridgehead atoms. The average molecular weight is 267 g/mol. The van der Waals surface area contributed by atoms with Gasteiger partial charge in [0.25, 0.3) is 0 Å². The molecule has 1 aromatic carbocycles. The first kappa shape index (κ1) is 11.9. The minimum Gasteiger partial charge on any atom is -0.389 e. The molecule has 2 rings (SSSR count). The minimum absolute atomic E-state index is 0.190. The molecule has 1 heterocycles. The summed E-state index contributed by atoms with van der Waals surface area (Å²) in [5.74, 6) is -0.370. The fourth-order valence-electron chi connectivity index (χ4n) is 1.32. The number of nitrogens with zero attached hydrogens (tertiary/aromatic N) is 1. The number of halogens is 1. The van der Waals surface area contributed by atoms with Gasteiger partial charge in [0.05, 0.1) is 23.4 Å². The SMILES string of the molecule is NC(=S)c1ccc(NCc2cscn2)c(F)c1. The maximum atomic E-state index is 13.6. The Balaban J connectivity index is 2.09. The summed E-state index contributed by atoms with van der Waals surface area (Å²) >= 11 is 6.28. The van der Waals surface area contributed by atoms with Crippen molar-refractivity contribution in [1.82, 2.24) is 4.98 Å². The lowest BCUT2D eigenvalue weighted by Gasteiger charge is -2.07. The van der Waals surface area contributed by atoms with Gasteiger partial charge >= 0.3 is 0 Å². The Labute approximate surface area is 107 Å². The molecule has 1 aromatic heterocycles. The van der Waals surface area contributed by atoms with Crippen LogP contribution in [0.25, 0.3) is 0 Å². The lowest BCUT2D eigenvalue weighted by Crippen LogP contribution is -2.10. The number of aromatic nitrogens is 1. The third-order valence-electron chi connectivity index (χ3n) is 2.20. The van der Waals surface area contributed by atoms with Gasteiger partial charge in [-0.3, -0.25) is 0 Å². The van der Waals surface area contributed by atoms with E-state index in [2.05, 4.69) is 10.3 Å². The fourth-order valence-corrected chi connectivity index (χ4v) is 2.01. The van der Waals surface area contributed by atoms with E-state index in [1.165, 1.54) is 17.4 Å². The summed E-state index contributed by atoms with van der Waals surface area (Å²) in [4.78, 5) is 4.29. The zero-order valence-corrected chi connectivity index (χ0v) is 10.4. The van der Waals surface area contributed by atoms with Crippen molar-refractivity contribution in [3.05, 3.63) is 46.2 Å². The van der Waals surface area contributed by atoms with E-state index in [4.69, 9.17) is 18.0 Å². The number of rotatable bonds is 4. The second-order valence-corrected chi connectivity index (χ2v) is 4.55. The van der Waals surface area contributed by atoms with Gasteiger partial charge in [0.2, 0.25) is 0 Å². The van der Waals surface area contributed by atoms with Gasteiger partial charge in [0.1, 0.15) is 10.8 Å². The second kappa shape index (κ2) is 5.20. The van der Waals surface area contributed by atoms with Crippen molar-refractivity contribution in [2.75, 3.05) is 5.32 Å². The van der Waals surface area contributed by atoms with E-state index in [1.807, 2.05) is 5.38 Å². The van der Waals surface area contributed by atoms with Gasteiger partial charge in [0, 0.05) is 10.9 Å². The number of anilines is 1. The summed E-state index contributed by atoms with van der Waals surface area (Å²) in [5.41, 5.74) is 8.98. The number of benzene rings is 1. The van der Waals surface area contributed by atoms with Crippen LogP contribution in [-0.2, 0) is 6.54 Å². The number of hydrogen-bond donors (Lipinski definition) is 2. The summed E-state index contributed by atoms with van der Waals surface area (Å²) in [6.07, 6.45) is 0. The molecule has 0 radical (unpaired) electrons. The smallest absolute Gasteiger partial charge is 0.146 e.